The quantitative estimate of drug-likeness (QED) is 0.843. The van der Waals surface area contributed by atoms with Crippen LogP contribution in [-0.4, -0.2) is 18.7 Å². The van der Waals surface area contributed by atoms with Crippen LogP contribution in [0.25, 0.3) is 0 Å². The molecule has 0 unspecified atom stereocenters. The van der Waals surface area contributed by atoms with E-state index in [9.17, 15) is 9.59 Å². The van der Waals surface area contributed by atoms with E-state index in [1.54, 1.807) is 36.4 Å². The zero-order chi connectivity index (χ0) is 17.8. The first kappa shape index (κ1) is 17.3. The number of benzene rings is 2. The van der Waals surface area contributed by atoms with Crippen molar-refractivity contribution in [2.45, 2.75) is 20.1 Å². The van der Waals surface area contributed by atoms with Gasteiger partial charge in [0.1, 0.15) is 12.4 Å². The average molecular weight is 362 g/mol. The lowest BCUT2D eigenvalue weighted by atomic mass is 10.1. The Morgan fingerprint density at radius 1 is 1.24 bits per heavy atom. The summed E-state index contributed by atoms with van der Waals surface area (Å²) in [5, 5.41) is 3.16. The minimum atomic E-state index is -0.477. The third-order valence-corrected chi connectivity index (χ3v) is 3.77. The molecule has 1 aliphatic heterocycles. The van der Waals surface area contributed by atoms with Crippen molar-refractivity contribution in [1.82, 2.24) is 0 Å². The molecular weight excluding hydrogens is 346 g/mol. The number of nitrogens with one attached hydrogen (secondary N) is 1. The highest BCUT2D eigenvalue weighted by molar-refractivity contribution is 6.30. The van der Waals surface area contributed by atoms with Crippen LogP contribution in [0.15, 0.2) is 36.4 Å². The monoisotopic (exact) mass is 361 g/mol. The molecular formula is C18H16ClNO5. The first-order chi connectivity index (χ1) is 12.0. The van der Waals surface area contributed by atoms with E-state index >= 15 is 0 Å². The maximum Gasteiger partial charge on any atom is 0.338 e. The highest BCUT2D eigenvalue weighted by atomic mass is 35.5. The molecule has 7 heteroatoms. The molecule has 0 aliphatic carbocycles. The van der Waals surface area contributed by atoms with Crippen LogP contribution in [0.4, 0.5) is 5.69 Å². The number of anilines is 1. The van der Waals surface area contributed by atoms with Crippen LogP contribution in [0.3, 0.4) is 0 Å². The minimum absolute atomic E-state index is 0.0369. The number of carbonyl (C=O) groups is 2. The summed E-state index contributed by atoms with van der Waals surface area (Å²) in [6, 6.07) is 9.93. The van der Waals surface area contributed by atoms with Gasteiger partial charge in [-0.1, -0.05) is 11.6 Å². The lowest BCUT2D eigenvalue weighted by Crippen LogP contribution is -2.14. The third kappa shape index (κ3) is 4.29. The maximum atomic E-state index is 12.2. The van der Waals surface area contributed by atoms with E-state index in [-0.39, 0.29) is 19.3 Å². The lowest BCUT2D eigenvalue weighted by molar-refractivity contribution is -0.114. The summed E-state index contributed by atoms with van der Waals surface area (Å²) in [6.07, 6.45) is 0. The van der Waals surface area contributed by atoms with Crippen molar-refractivity contribution in [3.05, 3.63) is 58.1 Å². The van der Waals surface area contributed by atoms with Crippen LogP contribution in [0.5, 0.6) is 5.75 Å². The summed E-state index contributed by atoms with van der Waals surface area (Å²) >= 11 is 6.09. The maximum absolute atomic E-state index is 12.2. The average Bonchev–Trinajstić information content (AvgIpc) is 2.59. The number of ether oxygens (including phenoxy) is 3. The summed E-state index contributed by atoms with van der Waals surface area (Å²) in [5.41, 5.74) is 2.51. The molecule has 0 fully saturated rings. The molecule has 2 aromatic carbocycles. The molecule has 130 valence electrons. The number of halogens is 1. The molecule has 0 radical (unpaired) electrons. The molecule has 1 heterocycles. The molecule has 1 N–H and O–H groups in total. The fraction of sp³-hybridized carbons (Fsp3) is 0.222. The Labute approximate surface area is 149 Å². The van der Waals surface area contributed by atoms with Crippen molar-refractivity contribution < 1.29 is 23.8 Å². The molecule has 0 bridgehead atoms. The number of carbonyl (C=O) groups excluding carboxylic acids is 2. The predicted molar refractivity (Wildman–Crippen MR) is 91.6 cm³/mol. The Balaban J connectivity index is 1.68. The van der Waals surface area contributed by atoms with Gasteiger partial charge in [-0.25, -0.2) is 4.79 Å². The molecule has 0 aromatic heterocycles. The van der Waals surface area contributed by atoms with Crippen LogP contribution in [0.1, 0.15) is 28.4 Å². The zero-order valence-electron chi connectivity index (χ0n) is 13.5. The first-order valence-electron chi connectivity index (χ1n) is 7.59. The smallest absolute Gasteiger partial charge is 0.338 e. The van der Waals surface area contributed by atoms with Crippen molar-refractivity contribution in [3.8, 4) is 5.75 Å². The molecule has 2 aromatic rings. The van der Waals surface area contributed by atoms with Crippen molar-refractivity contribution in [1.29, 1.82) is 0 Å². The van der Waals surface area contributed by atoms with Gasteiger partial charge in [-0.15, -0.1) is 0 Å². The standard InChI is InChI=1S/C18H16ClNO5/c1-11(21)20-16-4-2-12(3-5-16)18(22)24-9-14-7-15(19)6-13-8-23-10-25-17(13)14/h2-7H,8-10H2,1H3,(H,20,21). The van der Waals surface area contributed by atoms with Gasteiger partial charge < -0.3 is 19.5 Å². The molecule has 25 heavy (non-hydrogen) atoms. The normalized spacial score (nSPS) is 12.7. The topological polar surface area (TPSA) is 73.9 Å². The fourth-order valence-electron chi connectivity index (χ4n) is 2.48. The Morgan fingerprint density at radius 2 is 2.00 bits per heavy atom. The van der Waals surface area contributed by atoms with E-state index in [1.807, 2.05) is 0 Å². The minimum Gasteiger partial charge on any atom is -0.467 e. The van der Waals surface area contributed by atoms with Gasteiger partial charge in [0, 0.05) is 28.8 Å². The Morgan fingerprint density at radius 3 is 2.72 bits per heavy atom. The van der Waals surface area contributed by atoms with Gasteiger partial charge in [0.05, 0.1) is 12.2 Å². The van der Waals surface area contributed by atoms with E-state index in [1.165, 1.54) is 6.92 Å². The van der Waals surface area contributed by atoms with E-state index in [2.05, 4.69) is 5.32 Å². The Bertz CT molecular complexity index is 804. The highest BCUT2D eigenvalue weighted by Crippen LogP contribution is 2.32. The first-order valence-corrected chi connectivity index (χ1v) is 7.97. The second-order valence-electron chi connectivity index (χ2n) is 5.50. The van der Waals surface area contributed by atoms with Gasteiger partial charge in [0.25, 0.3) is 0 Å². The van der Waals surface area contributed by atoms with Crippen LogP contribution >= 0.6 is 11.6 Å². The van der Waals surface area contributed by atoms with E-state index in [0.29, 0.717) is 34.2 Å². The SMILES string of the molecule is CC(=O)Nc1ccc(C(=O)OCc2cc(Cl)cc3c2OCOC3)cc1. The number of hydrogen-bond donors (Lipinski definition) is 1. The number of fused-ring (bicyclic) bond motifs is 1. The van der Waals surface area contributed by atoms with E-state index in [4.69, 9.17) is 25.8 Å². The highest BCUT2D eigenvalue weighted by Gasteiger charge is 2.18. The van der Waals surface area contributed by atoms with Crippen LogP contribution in [-0.2, 0) is 27.5 Å². The summed E-state index contributed by atoms with van der Waals surface area (Å²) < 4.78 is 16.1. The van der Waals surface area contributed by atoms with Crippen LogP contribution < -0.4 is 10.1 Å². The van der Waals surface area contributed by atoms with Crippen LogP contribution in [0, 0.1) is 0 Å². The van der Waals surface area contributed by atoms with Gasteiger partial charge in [0.2, 0.25) is 5.91 Å². The summed E-state index contributed by atoms with van der Waals surface area (Å²) in [4.78, 5) is 23.2. The van der Waals surface area contributed by atoms with Gasteiger partial charge in [-0.05, 0) is 36.4 Å². The van der Waals surface area contributed by atoms with Gasteiger partial charge in [-0.2, -0.15) is 0 Å². The molecule has 0 saturated heterocycles. The van der Waals surface area contributed by atoms with Gasteiger partial charge in [0.15, 0.2) is 6.79 Å². The molecule has 0 spiro atoms. The number of amides is 1. The van der Waals surface area contributed by atoms with Crippen molar-refractivity contribution in [3.63, 3.8) is 0 Å². The molecule has 1 aliphatic rings. The van der Waals surface area contributed by atoms with E-state index < -0.39 is 5.97 Å². The number of esters is 1. The largest absolute Gasteiger partial charge is 0.467 e. The zero-order valence-corrected chi connectivity index (χ0v) is 14.3. The van der Waals surface area contributed by atoms with Crippen molar-refractivity contribution in [2.24, 2.45) is 0 Å². The molecule has 0 saturated carbocycles. The molecule has 6 nitrogen and oxygen atoms in total. The van der Waals surface area contributed by atoms with Crippen LogP contribution in [0.2, 0.25) is 5.02 Å². The van der Waals surface area contributed by atoms with Crippen molar-refractivity contribution >= 4 is 29.2 Å². The Kier molecular flexibility index (Phi) is 5.21. The van der Waals surface area contributed by atoms with Crippen molar-refractivity contribution in [2.75, 3.05) is 12.1 Å². The second kappa shape index (κ2) is 7.55. The molecule has 1 amide bonds. The fourth-order valence-corrected chi connectivity index (χ4v) is 2.75. The lowest BCUT2D eigenvalue weighted by Gasteiger charge is -2.21. The summed E-state index contributed by atoms with van der Waals surface area (Å²) in [7, 11) is 0. The van der Waals surface area contributed by atoms with Gasteiger partial charge in [-0.3, -0.25) is 4.79 Å². The van der Waals surface area contributed by atoms with Gasteiger partial charge >= 0.3 is 5.97 Å². The third-order valence-electron chi connectivity index (χ3n) is 3.55. The summed E-state index contributed by atoms with van der Waals surface area (Å²) in [5.74, 6) is -0.00958. The molecule has 3 rings (SSSR count). The summed E-state index contributed by atoms with van der Waals surface area (Å²) in [6.45, 7) is 2.01. The number of rotatable bonds is 4. The Hall–Kier alpha value is -2.57. The number of hydrogen-bond acceptors (Lipinski definition) is 5. The second-order valence-corrected chi connectivity index (χ2v) is 5.93. The van der Waals surface area contributed by atoms with E-state index in [0.717, 1.165) is 5.56 Å². The predicted octanol–water partition coefficient (Wildman–Crippen LogP) is 3.52. The molecule has 0 atom stereocenters.